The first-order chi connectivity index (χ1) is 10.0. The van der Waals surface area contributed by atoms with Crippen molar-refractivity contribution in [2.75, 3.05) is 24.8 Å². The van der Waals surface area contributed by atoms with Crippen molar-refractivity contribution in [1.29, 1.82) is 0 Å². The third-order valence-corrected chi connectivity index (χ3v) is 3.33. The summed E-state index contributed by atoms with van der Waals surface area (Å²) in [6.07, 6.45) is 0. The highest BCUT2D eigenvalue weighted by Gasteiger charge is 2.11. The van der Waals surface area contributed by atoms with E-state index >= 15 is 0 Å². The number of primary amides is 1. The number of rotatable bonds is 5. The van der Waals surface area contributed by atoms with Gasteiger partial charge in [0.25, 0.3) is 0 Å². The topological polar surface area (TPSA) is 81.6 Å². The predicted octanol–water partition coefficient (Wildman–Crippen LogP) is 2.01. The minimum atomic E-state index is -0.470. The van der Waals surface area contributed by atoms with Crippen LogP contribution in [0.3, 0.4) is 0 Å². The monoisotopic (exact) mass is 285 g/mol. The van der Waals surface area contributed by atoms with Gasteiger partial charge in [-0.2, -0.15) is 0 Å². The number of carbonyl (C=O) groups is 1. The van der Waals surface area contributed by atoms with E-state index in [1.54, 1.807) is 25.3 Å². The molecular formula is C16H19N3O2. The first-order valence-corrected chi connectivity index (χ1v) is 6.55. The van der Waals surface area contributed by atoms with Gasteiger partial charge in [-0.25, -0.2) is 0 Å². The number of benzene rings is 2. The lowest BCUT2D eigenvalue weighted by Gasteiger charge is -2.22. The van der Waals surface area contributed by atoms with Crippen molar-refractivity contribution in [3.63, 3.8) is 0 Å². The smallest absolute Gasteiger partial charge is 0.248 e. The van der Waals surface area contributed by atoms with Gasteiger partial charge < -0.3 is 21.1 Å². The van der Waals surface area contributed by atoms with Crippen LogP contribution in [-0.2, 0) is 6.54 Å². The zero-order valence-corrected chi connectivity index (χ0v) is 12.2. The number of anilines is 2. The van der Waals surface area contributed by atoms with E-state index in [9.17, 15) is 4.79 Å². The van der Waals surface area contributed by atoms with Crippen LogP contribution in [0.15, 0.2) is 42.5 Å². The van der Waals surface area contributed by atoms with Crippen LogP contribution < -0.4 is 21.1 Å². The highest BCUT2D eigenvalue weighted by molar-refractivity contribution is 5.95. The van der Waals surface area contributed by atoms with Crippen LogP contribution in [0.5, 0.6) is 5.75 Å². The Bertz CT molecular complexity index is 656. The number of para-hydroxylation sites is 1. The summed E-state index contributed by atoms with van der Waals surface area (Å²) in [4.78, 5) is 13.2. The molecule has 0 aliphatic rings. The Morgan fingerprint density at radius 1 is 1.24 bits per heavy atom. The lowest BCUT2D eigenvalue weighted by atomic mass is 10.1. The van der Waals surface area contributed by atoms with Gasteiger partial charge >= 0.3 is 0 Å². The molecule has 2 rings (SSSR count). The number of ether oxygens (including phenoxy) is 1. The summed E-state index contributed by atoms with van der Waals surface area (Å²) < 4.78 is 5.34. The molecule has 2 aromatic carbocycles. The second-order valence-corrected chi connectivity index (χ2v) is 4.81. The highest BCUT2D eigenvalue weighted by Crippen LogP contribution is 2.27. The van der Waals surface area contributed by atoms with E-state index < -0.39 is 5.91 Å². The summed E-state index contributed by atoms with van der Waals surface area (Å²) >= 11 is 0. The molecule has 0 heterocycles. The molecule has 0 bridgehead atoms. The van der Waals surface area contributed by atoms with Gasteiger partial charge in [0.1, 0.15) is 5.75 Å². The Labute approximate surface area is 124 Å². The SMILES string of the molecule is COc1ccccc1CN(C)c1cc(C(N)=O)ccc1N. The molecule has 0 radical (unpaired) electrons. The predicted molar refractivity (Wildman–Crippen MR) is 84.5 cm³/mol. The van der Waals surface area contributed by atoms with Gasteiger partial charge in [0.2, 0.25) is 5.91 Å². The van der Waals surface area contributed by atoms with Crippen molar-refractivity contribution in [2.24, 2.45) is 5.73 Å². The number of nitrogen functional groups attached to an aromatic ring is 1. The van der Waals surface area contributed by atoms with Gasteiger partial charge in [-0.15, -0.1) is 0 Å². The van der Waals surface area contributed by atoms with Crippen LogP contribution in [0.25, 0.3) is 0 Å². The Balaban J connectivity index is 2.30. The quantitative estimate of drug-likeness (QED) is 0.823. The van der Waals surface area contributed by atoms with Crippen molar-refractivity contribution in [2.45, 2.75) is 6.54 Å². The summed E-state index contributed by atoms with van der Waals surface area (Å²) in [5.74, 6) is 0.343. The molecule has 0 saturated carbocycles. The Kier molecular flexibility index (Phi) is 4.33. The second kappa shape index (κ2) is 6.17. The van der Waals surface area contributed by atoms with Crippen molar-refractivity contribution >= 4 is 17.3 Å². The lowest BCUT2D eigenvalue weighted by molar-refractivity contribution is 0.100. The molecule has 0 saturated heterocycles. The molecule has 0 atom stereocenters. The minimum absolute atomic E-state index is 0.436. The third kappa shape index (κ3) is 3.25. The molecule has 0 fully saturated rings. The van der Waals surface area contributed by atoms with Gasteiger partial charge in [0, 0.05) is 24.7 Å². The van der Waals surface area contributed by atoms with E-state index in [1.165, 1.54) is 0 Å². The summed E-state index contributed by atoms with van der Waals surface area (Å²) in [5, 5.41) is 0. The maximum Gasteiger partial charge on any atom is 0.248 e. The largest absolute Gasteiger partial charge is 0.496 e. The Hall–Kier alpha value is -2.69. The number of hydrogen-bond acceptors (Lipinski definition) is 4. The van der Waals surface area contributed by atoms with Gasteiger partial charge in [-0.3, -0.25) is 4.79 Å². The van der Waals surface area contributed by atoms with E-state index in [1.807, 2.05) is 36.2 Å². The number of nitrogens with zero attached hydrogens (tertiary/aromatic N) is 1. The fraction of sp³-hybridized carbons (Fsp3) is 0.188. The highest BCUT2D eigenvalue weighted by atomic mass is 16.5. The molecular weight excluding hydrogens is 266 g/mol. The van der Waals surface area contributed by atoms with Gasteiger partial charge in [-0.05, 0) is 24.3 Å². The maximum atomic E-state index is 11.3. The van der Waals surface area contributed by atoms with E-state index in [0.29, 0.717) is 17.8 Å². The van der Waals surface area contributed by atoms with Gasteiger partial charge in [-0.1, -0.05) is 18.2 Å². The first kappa shape index (κ1) is 14.7. The zero-order valence-electron chi connectivity index (χ0n) is 12.2. The van der Waals surface area contributed by atoms with Crippen LogP contribution in [-0.4, -0.2) is 20.1 Å². The summed E-state index contributed by atoms with van der Waals surface area (Å²) in [6.45, 7) is 0.608. The number of amides is 1. The van der Waals surface area contributed by atoms with Crippen molar-refractivity contribution in [1.82, 2.24) is 0 Å². The molecule has 21 heavy (non-hydrogen) atoms. The summed E-state index contributed by atoms with van der Waals surface area (Å²) in [5.41, 5.74) is 14.1. The van der Waals surface area contributed by atoms with E-state index in [-0.39, 0.29) is 0 Å². The first-order valence-electron chi connectivity index (χ1n) is 6.55. The fourth-order valence-corrected chi connectivity index (χ4v) is 2.20. The standard InChI is InChI=1S/C16H19N3O2/c1-19(10-12-5-3-4-6-15(12)21-2)14-9-11(16(18)20)7-8-13(14)17/h3-9H,10,17H2,1-2H3,(H2,18,20). The second-order valence-electron chi connectivity index (χ2n) is 4.81. The maximum absolute atomic E-state index is 11.3. The van der Waals surface area contributed by atoms with Gasteiger partial charge in [0.15, 0.2) is 0 Å². The molecule has 4 N–H and O–H groups in total. The van der Waals surface area contributed by atoms with Crippen molar-refractivity contribution < 1.29 is 9.53 Å². The average Bonchev–Trinajstić information content (AvgIpc) is 2.47. The lowest BCUT2D eigenvalue weighted by Crippen LogP contribution is -2.19. The fourth-order valence-electron chi connectivity index (χ4n) is 2.20. The van der Waals surface area contributed by atoms with Crippen LogP contribution in [0.4, 0.5) is 11.4 Å². The Morgan fingerprint density at radius 3 is 2.62 bits per heavy atom. The van der Waals surface area contributed by atoms with Gasteiger partial charge in [0.05, 0.1) is 18.5 Å². The number of carbonyl (C=O) groups excluding carboxylic acids is 1. The number of hydrogen-bond donors (Lipinski definition) is 2. The molecule has 2 aromatic rings. The van der Waals surface area contributed by atoms with Crippen LogP contribution >= 0.6 is 0 Å². The van der Waals surface area contributed by atoms with Crippen LogP contribution in [0.1, 0.15) is 15.9 Å². The third-order valence-electron chi connectivity index (χ3n) is 3.33. The minimum Gasteiger partial charge on any atom is -0.496 e. The zero-order chi connectivity index (χ0) is 15.4. The Morgan fingerprint density at radius 2 is 1.95 bits per heavy atom. The molecule has 0 unspecified atom stereocenters. The molecule has 1 amide bonds. The number of methoxy groups -OCH3 is 1. The molecule has 0 spiro atoms. The average molecular weight is 285 g/mol. The molecule has 5 heteroatoms. The molecule has 110 valence electrons. The van der Waals surface area contributed by atoms with Crippen molar-refractivity contribution in [3.05, 3.63) is 53.6 Å². The normalized spacial score (nSPS) is 10.2. The molecule has 0 aliphatic carbocycles. The van der Waals surface area contributed by atoms with Crippen molar-refractivity contribution in [3.8, 4) is 5.75 Å². The summed E-state index contributed by atoms with van der Waals surface area (Å²) in [7, 11) is 3.55. The van der Waals surface area contributed by atoms with Crippen LogP contribution in [0, 0.1) is 0 Å². The van der Waals surface area contributed by atoms with E-state index in [2.05, 4.69) is 0 Å². The van der Waals surface area contributed by atoms with E-state index in [0.717, 1.165) is 17.0 Å². The molecule has 0 aliphatic heterocycles. The number of nitrogens with two attached hydrogens (primary N) is 2. The molecule has 5 nitrogen and oxygen atoms in total. The molecule has 0 aromatic heterocycles. The van der Waals surface area contributed by atoms with E-state index in [4.69, 9.17) is 16.2 Å². The summed E-state index contributed by atoms with van der Waals surface area (Å²) in [6, 6.07) is 12.8. The van der Waals surface area contributed by atoms with Crippen LogP contribution in [0.2, 0.25) is 0 Å².